The molecule has 0 fully saturated rings. The lowest BCUT2D eigenvalue weighted by Gasteiger charge is -2.12. The van der Waals surface area contributed by atoms with E-state index in [-0.39, 0.29) is 11.8 Å². The Morgan fingerprint density at radius 1 is 1.29 bits per heavy atom. The summed E-state index contributed by atoms with van der Waals surface area (Å²) < 4.78 is 28.4. The van der Waals surface area contributed by atoms with Gasteiger partial charge in [-0.15, -0.1) is 0 Å². The molecule has 0 unspecified atom stereocenters. The van der Waals surface area contributed by atoms with Crippen LogP contribution < -0.4 is 10.1 Å². The Morgan fingerprint density at radius 3 is 2.81 bits per heavy atom. The van der Waals surface area contributed by atoms with E-state index >= 15 is 0 Å². The number of carbonyl (C=O) groups excluding carboxylic acids is 1. The van der Waals surface area contributed by atoms with E-state index in [1.807, 2.05) is 0 Å². The Labute approximate surface area is 124 Å². The van der Waals surface area contributed by atoms with E-state index in [1.165, 1.54) is 19.2 Å². The second kappa shape index (κ2) is 10.1. The molecule has 0 heterocycles. The molecule has 0 aliphatic carbocycles. The van der Waals surface area contributed by atoms with Crippen molar-refractivity contribution in [3.8, 4) is 5.75 Å². The Balaban J connectivity index is 2.46. The quantitative estimate of drug-likeness (QED) is 0.528. The molecule has 21 heavy (non-hydrogen) atoms. The molecule has 6 heteroatoms. The van der Waals surface area contributed by atoms with Crippen molar-refractivity contribution in [1.82, 2.24) is 5.32 Å². The van der Waals surface area contributed by atoms with Crippen LogP contribution >= 0.6 is 0 Å². The SMILES string of the molecule is COCCNCc1cc(F)ccc1OCCCC(=O)OC. The van der Waals surface area contributed by atoms with Gasteiger partial charge in [0.2, 0.25) is 0 Å². The van der Waals surface area contributed by atoms with Gasteiger partial charge in [0.15, 0.2) is 0 Å². The Bertz CT molecular complexity index is 440. The van der Waals surface area contributed by atoms with E-state index in [0.717, 1.165) is 5.56 Å². The Kier molecular flexibility index (Phi) is 8.38. The topological polar surface area (TPSA) is 56.8 Å². The number of carbonyl (C=O) groups is 1. The molecule has 0 saturated heterocycles. The van der Waals surface area contributed by atoms with Crippen LogP contribution in [0, 0.1) is 5.82 Å². The largest absolute Gasteiger partial charge is 0.493 e. The molecule has 0 aliphatic heterocycles. The third-order valence-electron chi connectivity index (χ3n) is 2.83. The van der Waals surface area contributed by atoms with Gasteiger partial charge in [0.1, 0.15) is 11.6 Å². The fourth-order valence-electron chi connectivity index (χ4n) is 1.72. The van der Waals surface area contributed by atoms with Gasteiger partial charge < -0.3 is 19.5 Å². The van der Waals surface area contributed by atoms with Crippen molar-refractivity contribution in [2.75, 3.05) is 34.0 Å². The molecule has 1 N–H and O–H groups in total. The van der Waals surface area contributed by atoms with Crippen LogP contribution in [-0.4, -0.2) is 39.9 Å². The predicted molar refractivity (Wildman–Crippen MR) is 76.7 cm³/mol. The van der Waals surface area contributed by atoms with Crippen molar-refractivity contribution in [2.24, 2.45) is 0 Å². The zero-order valence-electron chi connectivity index (χ0n) is 12.5. The maximum absolute atomic E-state index is 13.3. The summed E-state index contributed by atoms with van der Waals surface area (Å²) >= 11 is 0. The molecule has 1 aromatic carbocycles. The van der Waals surface area contributed by atoms with Crippen LogP contribution in [0.1, 0.15) is 18.4 Å². The van der Waals surface area contributed by atoms with Crippen LogP contribution in [0.2, 0.25) is 0 Å². The number of benzene rings is 1. The first kappa shape index (κ1) is 17.4. The summed E-state index contributed by atoms with van der Waals surface area (Å²) in [7, 11) is 2.98. The molecule has 118 valence electrons. The summed E-state index contributed by atoms with van der Waals surface area (Å²) in [6.45, 7) is 2.14. The smallest absolute Gasteiger partial charge is 0.305 e. The summed E-state index contributed by atoms with van der Waals surface area (Å²) in [4.78, 5) is 11.0. The van der Waals surface area contributed by atoms with E-state index < -0.39 is 0 Å². The van der Waals surface area contributed by atoms with E-state index in [9.17, 15) is 9.18 Å². The fraction of sp³-hybridized carbons (Fsp3) is 0.533. The molecule has 5 nitrogen and oxygen atoms in total. The molecule has 0 aliphatic rings. The maximum atomic E-state index is 13.3. The maximum Gasteiger partial charge on any atom is 0.305 e. The van der Waals surface area contributed by atoms with Crippen LogP contribution in [0.15, 0.2) is 18.2 Å². The Morgan fingerprint density at radius 2 is 2.10 bits per heavy atom. The van der Waals surface area contributed by atoms with Gasteiger partial charge in [0.25, 0.3) is 0 Å². The van der Waals surface area contributed by atoms with Gasteiger partial charge in [-0.05, 0) is 24.6 Å². The Hall–Kier alpha value is -1.66. The van der Waals surface area contributed by atoms with Crippen LogP contribution in [0.25, 0.3) is 0 Å². The summed E-state index contributed by atoms with van der Waals surface area (Å²) in [5.74, 6) is 0.0470. The van der Waals surface area contributed by atoms with E-state index in [4.69, 9.17) is 9.47 Å². The molecule has 0 amide bonds. The van der Waals surface area contributed by atoms with Crippen LogP contribution in [0.3, 0.4) is 0 Å². The van der Waals surface area contributed by atoms with Crippen molar-refractivity contribution in [3.05, 3.63) is 29.6 Å². The van der Waals surface area contributed by atoms with Crippen molar-refractivity contribution >= 4 is 5.97 Å². The molecule has 0 spiro atoms. The number of esters is 1. The molecule has 0 saturated carbocycles. The summed E-state index contributed by atoms with van der Waals surface area (Å²) in [5, 5.41) is 3.14. The summed E-state index contributed by atoms with van der Waals surface area (Å²) in [5.41, 5.74) is 0.740. The zero-order chi connectivity index (χ0) is 15.5. The van der Waals surface area contributed by atoms with Crippen molar-refractivity contribution < 1.29 is 23.4 Å². The first-order valence-electron chi connectivity index (χ1n) is 6.85. The van der Waals surface area contributed by atoms with Crippen LogP contribution in [0.5, 0.6) is 5.75 Å². The van der Waals surface area contributed by atoms with Gasteiger partial charge in [-0.2, -0.15) is 0 Å². The first-order chi connectivity index (χ1) is 10.2. The van der Waals surface area contributed by atoms with Gasteiger partial charge >= 0.3 is 5.97 Å². The fourth-order valence-corrected chi connectivity index (χ4v) is 1.72. The predicted octanol–water partition coefficient (Wildman–Crippen LogP) is 1.89. The highest BCUT2D eigenvalue weighted by molar-refractivity contribution is 5.69. The van der Waals surface area contributed by atoms with Crippen molar-refractivity contribution in [2.45, 2.75) is 19.4 Å². The molecule has 0 aromatic heterocycles. The second-order valence-corrected chi connectivity index (χ2v) is 4.45. The second-order valence-electron chi connectivity index (χ2n) is 4.45. The van der Waals surface area contributed by atoms with Gasteiger partial charge in [-0.3, -0.25) is 4.79 Å². The minimum absolute atomic E-state index is 0.265. The minimum Gasteiger partial charge on any atom is -0.493 e. The molecular weight excluding hydrogens is 277 g/mol. The number of methoxy groups -OCH3 is 2. The molecule has 1 rings (SSSR count). The lowest BCUT2D eigenvalue weighted by atomic mass is 10.2. The zero-order valence-corrected chi connectivity index (χ0v) is 12.5. The van der Waals surface area contributed by atoms with Gasteiger partial charge in [0, 0.05) is 32.2 Å². The standard InChI is InChI=1S/C15H22FNO4/c1-19-9-7-17-11-12-10-13(16)5-6-14(12)21-8-3-4-15(18)20-2/h5-6,10,17H,3-4,7-9,11H2,1-2H3. The molecule has 0 radical (unpaired) electrons. The number of ether oxygens (including phenoxy) is 3. The lowest BCUT2D eigenvalue weighted by Crippen LogP contribution is -2.19. The van der Waals surface area contributed by atoms with E-state index in [2.05, 4.69) is 10.1 Å². The third kappa shape index (κ3) is 7.06. The average molecular weight is 299 g/mol. The monoisotopic (exact) mass is 299 g/mol. The lowest BCUT2D eigenvalue weighted by molar-refractivity contribution is -0.140. The third-order valence-corrected chi connectivity index (χ3v) is 2.83. The van der Waals surface area contributed by atoms with Crippen LogP contribution in [-0.2, 0) is 20.8 Å². The highest BCUT2D eigenvalue weighted by Gasteiger charge is 2.06. The normalized spacial score (nSPS) is 10.4. The molecular formula is C15H22FNO4. The summed E-state index contributed by atoms with van der Waals surface area (Å²) in [6, 6.07) is 4.39. The van der Waals surface area contributed by atoms with E-state index in [0.29, 0.717) is 44.9 Å². The number of halogens is 1. The molecule has 0 bridgehead atoms. The summed E-state index contributed by atoms with van der Waals surface area (Å²) in [6.07, 6.45) is 0.861. The molecule has 0 atom stereocenters. The van der Waals surface area contributed by atoms with Gasteiger partial charge in [-0.25, -0.2) is 4.39 Å². The highest BCUT2D eigenvalue weighted by atomic mass is 19.1. The highest BCUT2D eigenvalue weighted by Crippen LogP contribution is 2.20. The van der Waals surface area contributed by atoms with Gasteiger partial charge in [0.05, 0.1) is 20.3 Å². The van der Waals surface area contributed by atoms with Crippen LogP contribution in [0.4, 0.5) is 4.39 Å². The molecule has 1 aromatic rings. The number of rotatable bonds is 10. The van der Waals surface area contributed by atoms with Gasteiger partial charge in [-0.1, -0.05) is 0 Å². The first-order valence-corrected chi connectivity index (χ1v) is 6.85. The van der Waals surface area contributed by atoms with Crippen molar-refractivity contribution in [3.63, 3.8) is 0 Å². The average Bonchev–Trinajstić information content (AvgIpc) is 2.49. The van der Waals surface area contributed by atoms with Crippen molar-refractivity contribution in [1.29, 1.82) is 0 Å². The minimum atomic E-state index is -0.305. The number of hydrogen-bond acceptors (Lipinski definition) is 5. The van der Waals surface area contributed by atoms with E-state index in [1.54, 1.807) is 13.2 Å². The number of nitrogens with one attached hydrogen (secondary N) is 1. The number of hydrogen-bond donors (Lipinski definition) is 1.